The topological polar surface area (TPSA) is 64.5 Å². The third-order valence-electron chi connectivity index (χ3n) is 6.62. The predicted molar refractivity (Wildman–Crippen MR) is 120 cm³/mol. The molecular formula is C22H32N8. The number of nitrogens with zero attached hydrogens (tertiary/aromatic N) is 8. The molecule has 0 unspecified atom stereocenters. The van der Waals surface area contributed by atoms with Crippen LogP contribution in [0, 0.1) is 6.92 Å². The van der Waals surface area contributed by atoms with Gasteiger partial charge in [0.25, 0.3) is 0 Å². The molecule has 5 rings (SSSR count). The van der Waals surface area contributed by atoms with E-state index < -0.39 is 0 Å². The van der Waals surface area contributed by atoms with Crippen LogP contribution >= 0.6 is 0 Å². The smallest absolute Gasteiger partial charge is 0.151 e. The lowest BCUT2D eigenvalue weighted by molar-refractivity contribution is 0.312. The highest BCUT2D eigenvalue weighted by Crippen LogP contribution is 2.25. The summed E-state index contributed by atoms with van der Waals surface area (Å²) in [5.41, 5.74) is 2.61. The summed E-state index contributed by atoms with van der Waals surface area (Å²) in [5.74, 6) is 4.00. The van der Waals surface area contributed by atoms with Gasteiger partial charge in [0.2, 0.25) is 0 Å². The van der Waals surface area contributed by atoms with E-state index in [9.17, 15) is 0 Å². The molecule has 30 heavy (non-hydrogen) atoms. The van der Waals surface area contributed by atoms with Crippen LogP contribution in [0.3, 0.4) is 0 Å². The number of aryl methyl sites for hydroxylation is 3. The van der Waals surface area contributed by atoms with Crippen molar-refractivity contribution >= 4 is 17.5 Å². The van der Waals surface area contributed by atoms with Crippen molar-refractivity contribution in [3.8, 4) is 0 Å². The molecule has 0 saturated carbocycles. The molecule has 4 heterocycles. The van der Waals surface area contributed by atoms with Crippen molar-refractivity contribution < 1.29 is 0 Å². The van der Waals surface area contributed by atoms with Crippen molar-refractivity contribution in [3.63, 3.8) is 0 Å². The average Bonchev–Trinajstić information content (AvgIpc) is 2.79. The van der Waals surface area contributed by atoms with E-state index in [2.05, 4.69) is 49.0 Å². The Balaban J connectivity index is 1.26. The summed E-state index contributed by atoms with van der Waals surface area (Å²) >= 11 is 0. The number of piperazine rings is 2. The fraction of sp³-hybridized carbons (Fsp3) is 0.636. The lowest BCUT2D eigenvalue weighted by Gasteiger charge is -2.37. The molecule has 2 aliphatic heterocycles. The Morgan fingerprint density at radius 1 is 0.667 bits per heavy atom. The molecule has 0 aromatic carbocycles. The minimum Gasteiger partial charge on any atom is -0.354 e. The molecule has 0 spiro atoms. The highest BCUT2D eigenvalue weighted by atomic mass is 15.3. The third-order valence-corrected chi connectivity index (χ3v) is 6.62. The van der Waals surface area contributed by atoms with Crippen molar-refractivity contribution in [2.45, 2.75) is 32.6 Å². The highest BCUT2D eigenvalue weighted by Gasteiger charge is 2.23. The van der Waals surface area contributed by atoms with Gasteiger partial charge in [-0.05, 0) is 51.3 Å². The number of anilines is 3. The first-order valence-electron chi connectivity index (χ1n) is 11.3. The van der Waals surface area contributed by atoms with Gasteiger partial charge in [-0.15, -0.1) is 5.10 Å². The van der Waals surface area contributed by atoms with E-state index in [1.807, 2.05) is 6.92 Å². The Labute approximate surface area is 178 Å². The summed E-state index contributed by atoms with van der Waals surface area (Å²) in [6.45, 7) is 9.99. The van der Waals surface area contributed by atoms with Crippen LogP contribution in [-0.2, 0) is 12.8 Å². The third kappa shape index (κ3) is 4.05. The molecule has 2 fully saturated rings. The summed E-state index contributed by atoms with van der Waals surface area (Å²) < 4.78 is 0. The Bertz CT molecular complexity index is 885. The predicted octanol–water partition coefficient (Wildman–Crippen LogP) is 1.53. The summed E-state index contributed by atoms with van der Waals surface area (Å²) in [5, 5.41) is 9.05. The van der Waals surface area contributed by atoms with E-state index in [0.29, 0.717) is 0 Å². The number of likely N-dealkylation sites (N-methyl/N-ethyl adjacent to an activating group) is 1. The largest absolute Gasteiger partial charge is 0.354 e. The fourth-order valence-corrected chi connectivity index (χ4v) is 4.69. The van der Waals surface area contributed by atoms with Crippen molar-refractivity contribution in [2.24, 2.45) is 0 Å². The van der Waals surface area contributed by atoms with Crippen molar-refractivity contribution in [2.75, 3.05) is 74.1 Å². The zero-order chi connectivity index (χ0) is 20.5. The fourth-order valence-electron chi connectivity index (χ4n) is 4.69. The molecule has 160 valence electrons. The Morgan fingerprint density at radius 2 is 1.23 bits per heavy atom. The van der Waals surface area contributed by atoms with Gasteiger partial charge in [0, 0.05) is 58.4 Å². The van der Waals surface area contributed by atoms with Crippen molar-refractivity contribution in [1.82, 2.24) is 25.1 Å². The number of hydrogen-bond donors (Lipinski definition) is 0. The molecule has 2 aromatic rings. The standard InChI is InChI=1S/C22H32N8/c1-17-23-20(28-9-7-27(2)8-10-28)16-21(24-17)29-11-13-30(14-12-29)22-15-18-5-3-4-6-19(18)25-26-22/h15-16H,3-14H2,1-2H3. The van der Waals surface area contributed by atoms with Gasteiger partial charge >= 0.3 is 0 Å². The first kappa shape index (κ1) is 19.5. The maximum absolute atomic E-state index is 4.75. The summed E-state index contributed by atoms with van der Waals surface area (Å²) in [4.78, 5) is 19.0. The second-order valence-corrected chi connectivity index (χ2v) is 8.78. The average molecular weight is 409 g/mol. The zero-order valence-electron chi connectivity index (χ0n) is 18.2. The molecule has 0 radical (unpaired) electrons. The molecule has 8 nitrogen and oxygen atoms in total. The van der Waals surface area contributed by atoms with E-state index in [4.69, 9.17) is 9.97 Å². The number of rotatable bonds is 3. The molecule has 0 N–H and O–H groups in total. The molecule has 0 bridgehead atoms. The molecule has 0 atom stereocenters. The minimum atomic E-state index is 0.851. The van der Waals surface area contributed by atoms with Crippen LogP contribution in [0.2, 0.25) is 0 Å². The highest BCUT2D eigenvalue weighted by molar-refractivity contribution is 5.53. The van der Waals surface area contributed by atoms with Gasteiger partial charge in [-0.2, -0.15) is 5.10 Å². The Hall–Kier alpha value is -2.48. The monoisotopic (exact) mass is 408 g/mol. The lowest BCUT2D eigenvalue weighted by Crippen LogP contribution is -2.47. The minimum absolute atomic E-state index is 0.851. The van der Waals surface area contributed by atoms with Crippen molar-refractivity contribution in [1.29, 1.82) is 0 Å². The Kier molecular flexibility index (Phi) is 5.41. The maximum Gasteiger partial charge on any atom is 0.151 e. The van der Waals surface area contributed by atoms with Crippen LogP contribution in [0.4, 0.5) is 17.5 Å². The van der Waals surface area contributed by atoms with Crippen LogP contribution in [0.15, 0.2) is 12.1 Å². The molecule has 3 aliphatic rings. The molecule has 2 aromatic heterocycles. The van der Waals surface area contributed by atoms with Gasteiger partial charge in [0.1, 0.15) is 17.5 Å². The number of fused-ring (bicyclic) bond motifs is 1. The van der Waals surface area contributed by atoms with E-state index in [1.165, 1.54) is 24.1 Å². The quantitative estimate of drug-likeness (QED) is 0.758. The van der Waals surface area contributed by atoms with Gasteiger partial charge in [0.15, 0.2) is 5.82 Å². The summed E-state index contributed by atoms with van der Waals surface area (Å²) in [6.07, 6.45) is 4.75. The number of aromatic nitrogens is 4. The molecule has 0 amide bonds. The zero-order valence-corrected chi connectivity index (χ0v) is 18.2. The van der Waals surface area contributed by atoms with Crippen LogP contribution in [0.5, 0.6) is 0 Å². The normalized spacial score (nSPS) is 20.4. The van der Waals surface area contributed by atoms with Crippen LogP contribution in [0.1, 0.15) is 29.9 Å². The summed E-state index contributed by atoms with van der Waals surface area (Å²) in [7, 11) is 2.18. The van der Waals surface area contributed by atoms with Gasteiger partial charge < -0.3 is 19.6 Å². The number of hydrogen-bond acceptors (Lipinski definition) is 8. The van der Waals surface area contributed by atoms with Gasteiger partial charge in [-0.3, -0.25) is 0 Å². The van der Waals surface area contributed by atoms with E-state index >= 15 is 0 Å². The van der Waals surface area contributed by atoms with Crippen molar-refractivity contribution in [3.05, 3.63) is 29.2 Å². The molecular weight excluding hydrogens is 376 g/mol. The Morgan fingerprint density at radius 3 is 1.90 bits per heavy atom. The van der Waals surface area contributed by atoms with Crippen LogP contribution < -0.4 is 14.7 Å². The van der Waals surface area contributed by atoms with Gasteiger partial charge in [-0.1, -0.05) is 0 Å². The van der Waals surface area contributed by atoms with Gasteiger partial charge in [-0.25, -0.2) is 9.97 Å². The second kappa shape index (κ2) is 8.34. The summed E-state index contributed by atoms with van der Waals surface area (Å²) in [6, 6.07) is 4.45. The first-order valence-corrected chi connectivity index (χ1v) is 11.3. The molecule has 8 heteroatoms. The maximum atomic E-state index is 4.75. The van der Waals surface area contributed by atoms with Gasteiger partial charge in [0.05, 0.1) is 5.69 Å². The van der Waals surface area contributed by atoms with Crippen LogP contribution in [0.25, 0.3) is 0 Å². The lowest BCUT2D eigenvalue weighted by atomic mass is 9.97. The first-order chi connectivity index (χ1) is 14.7. The second-order valence-electron chi connectivity index (χ2n) is 8.78. The van der Waals surface area contributed by atoms with E-state index in [-0.39, 0.29) is 0 Å². The van der Waals surface area contributed by atoms with Crippen LogP contribution in [-0.4, -0.2) is 84.5 Å². The molecule has 1 aliphatic carbocycles. The van der Waals surface area contributed by atoms with E-state index in [1.54, 1.807) is 0 Å². The van der Waals surface area contributed by atoms with E-state index in [0.717, 1.165) is 88.5 Å². The SMILES string of the molecule is Cc1nc(N2CCN(C)CC2)cc(N2CCN(c3cc4c(nn3)CCCC4)CC2)n1. The molecule has 2 saturated heterocycles.